The first kappa shape index (κ1) is 22.8. The van der Waals surface area contributed by atoms with E-state index in [0.29, 0.717) is 22.4 Å². The fourth-order valence-corrected chi connectivity index (χ4v) is 3.32. The van der Waals surface area contributed by atoms with Crippen LogP contribution in [0.5, 0.6) is 5.75 Å². The van der Waals surface area contributed by atoms with Crippen LogP contribution >= 0.6 is 0 Å². The minimum absolute atomic E-state index is 0.228. The summed E-state index contributed by atoms with van der Waals surface area (Å²) in [7, 11) is 1.61. The molecule has 0 saturated carbocycles. The molecule has 0 fully saturated rings. The van der Waals surface area contributed by atoms with Gasteiger partial charge in [0.05, 0.1) is 12.5 Å². The summed E-state index contributed by atoms with van der Waals surface area (Å²) in [6.45, 7) is 1.35. The Labute approximate surface area is 196 Å². The molecule has 34 heavy (non-hydrogen) atoms. The number of carbonyl (C=O) groups excluding carboxylic acids is 2. The lowest BCUT2D eigenvalue weighted by molar-refractivity contribution is -0.145. The number of fused-ring (bicyclic) bond motifs is 1. The van der Waals surface area contributed by atoms with Crippen molar-refractivity contribution in [3.8, 4) is 17.1 Å². The van der Waals surface area contributed by atoms with E-state index in [9.17, 15) is 9.59 Å². The van der Waals surface area contributed by atoms with Gasteiger partial charge in [0.15, 0.2) is 6.61 Å². The van der Waals surface area contributed by atoms with Crippen LogP contribution in [-0.2, 0) is 14.3 Å². The molecule has 1 aromatic heterocycles. The van der Waals surface area contributed by atoms with Crippen molar-refractivity contribution in [3.05, 3.63) is 89.8 Å². The summed E-state index contributed by atoms with van der Waals surface area (Å²) in [5, 5.41) is 4.05. The summed E-state index contributed by atoms with van der Waals surface area (Å²) in [6, 6.07) is 24.0. The summed E-state index contributed by atoms with van der Waals surface area (Å²) in [5.41, 5.74) is 3.21. The van der Waals surface area contributed by atoms with E-state index in [1.54, 1.807) is 25.3 Å². The lowest BCUT2D eigenvalue weighted by atomic mass is 10.1. The van der Waals surface area contributed by atoms with Crippen molar-refractivity contribution in [2.45, 2.75) is 6.92 Å². The molecule has 172 valence electrons. The summed E-state index contributed by atoms with van der Waals surface area (Å²) < 4.78 is 16.3. The molecular weight excluding hydrogens is 432 g/mol. The van der Waals surface area contributed by atoms with Crippen LogP contribution in [-0.4, -0.2) is 32.1 Å². The zero-order valence-corrected chi connectivity index (χ0v) is 18.9. The molecule has 0 spiro atoms. The highest BCUT2D eigenvalue weighted by Gasteiger charge is 2.09. The number of hydrogen-bond donors (Lipinski definition) is 1. The molecule has 4 rings (SSSR count). The van der Waals surface area contributed by atoms with E-state index in [2.05, 4.69) is 10.3 Å². The van der Waals surface area contributed by atoms with Crippen molar-refractivity contribution in [2.24, 2.45) is 4.99 Å². The molecule has 0 unspecified atom stereocenters. The second kappa shape index (κ2) is 10.5. The minimum atomic E-state index is -0.602. The highest BCUT2D eigenvalue weighted by atomic mass is 16.5. The Morgan fingerprint density at radius 1 is 0.971 bits per heavy atom. The molecule has 0 aliphatic carbocycles. The maximum Gasteiger partial charge on any atom is 0.328 e. The number of anilines is 1. The number of esters is 1. The number of methoxy groups -OCH3 is 1. The van der Waals surface area contributed by atoms with Crippen molar-refractivity contribution in [2.75, 3.05) is 25.6 Å². The van der Waals surface area contributed by atoms with Crippen LogP contribution < -0.4 is 15.4 Å². The monoisotopic (exact) mass is 456 g/mol. The van der Waals surface area contributed by atoms with Crippen molar-refractivity contribution in [1.29, 1.82) is 0 Å². The topological polar surface area (TPSA) is 90.1 Å². The number of benzene rings is 3. The Hall–Kier alpha value is -4.39. The van der Waals surface area contributed by atoms with Gasteiger partial charge in [0, 0.05) is 22.7 Å². The third-order valence-corrected chi connectivity index (χ3v) is 5.10. The third kappa shape index (κ3) is 5.69. The van der Waals surface area contributed by atoms with Crippen LogP contribution in [0.2, 0.25) is 0 Å². The number of rotatable bonds is 7. The van der Waals surface area contributed by atoms with E-state index in [1.165, 1.54) is 0 Å². The molecule has 7 heteroatoms. The summed E-state index contributed by atoms with van der Waals surface area (Å²) in [5.74, 6) is 0.326. The quantitative estimate of drug-likeness (QED) is 0.414. The molecule has 0 atom stereocenters. The predicted octanol–water partition coefficient (Wildman–Crippen LogP) is 4.50. The number of nitrogens with zero attached hydrogens (tertiary/aromatic N) is 1. The normalized spacial score (nSPS) is 11.3. The van der Waals surface area contributed by atoms with Gasteiger partial charge in [-0.3, -0.25) is 14.6 Å². The number of hydrogen-bond acceptors (Lipinski definition) is 6. The lowest BCUT2D eigenvalue weighted by Gasteiger charge is -2.07. The summed E-state index contributed by atoms with van der Waals surface area (Å²) in [6.07, 6.45) is 0. The molecule has 7 nitrogen and oxygen atoms in total. The number of ether oxygens (including phenoxy) is 2. The second-order valence-corrected chi connectivity index (χ2v) is 7.61. The minimum Gasteiger partial charge on any atom is -0.497 e. The largest absolute Gasteiger partial charge is 0.497 e. The van der Waals surface area contributed by atoms with Crippen LogP contribution in [0.15, 0.2) is 88.3 Å². The molecule has 1 amide bonds. The zero-order chi connectivity index (χ0) is 23.9. The average molecular weight is 456 g/mol. The van der Waals surface area contributed by atoms with E-state index in [0.717, 1.165) is 22.3 Å². The van der Waals surface area contributed by atoms with Gasteiger partial charge in [-0.1, -0.05) is 29.8 Å². The van der Waals surface area contributed by atoms with Gasteiger partial charge in [-0.15, -0.1) is 0 Å². The Bertz CT molecular complexity index is 1370. The molecule has 1 heterocycles. The van der Waals surface area contributed by atoms with Crippen molar-refractivity contribution in [3.63, 3.8) is 0 Å². The van der Waals surface area contributed by atoms with Gasteiger partial charge >= 0.3 is 5.97 Å². The fourth-order valence-electron chi connectivity index (χ4n) is 3.32. The molecular formula is C27H24N2O5. The van der Waals surface area contributed by atoms with Gasteiger partial charge in [0.25, 0.3) is 5.91 Å². The van der Waals surface area contributed by atoms with Crippen molar-refractivity contribution in [1.82, 2.24) is 0 Å². The number of nitrogens with one attached hydrogen (secondary N) is 1. The Balaban J connectivity index is 1.47. The number of aryl methyl sites for hydroxylation is 1. The van der Waals surface area contributed by atoms with Gasteiger partial charge in [-0.2, -0.15) is 0 Å². The Morgan fingerprint density at radius 2 is 1.71 bits per heavy atom. The van der Waals surface area contributed by atoms with Crippen molar-refractivity contribution >= 4 is 28.5 Å². The Morgan fingerprint density at radius 3 is 2.44 bits per heavy atom. The van der Waals surface area contributed by atoms with Gasteiger partial charge < -0.3 is 19.2 Å². The number of para-hydroxylation sites is 1. The standard InChI is InChI=1S/C27H24N2O5/c1-18-7-11-20(12-8-18)29-26(30)17-33-27(31)16-28-23-15-25(19-9-13-21(32-2)14-10-19)34-24-6-4-3-5-22(23)24/h3-15H,16-17H2,1-2H3,(H,29,30). The molecule has 0 radical (unpaired) electrons. The highest BCUT2D eigenvalue weighted by molar-refractivity contribution is 5.92. The van der Waals surface area contributed by atoms with Gasteiger partial charge in [0.2, 0.25) is 0 Å². The summed E-state index contributed by atoms with van der Waals surface area (Å²) >= 11 is 0. The van der Waals surface area contributed by atoms with Crippen LogP contribution in [0.25, 0.3) is 22.3 Å². The molecule has 1 N–H and O–H groups in total. The first-order chi connectivity index (χ1) is 16.5. The molecule has 3 aromatic carbocycles. The summed E-state index contributed by atoms with van der Waals surface area (Å²) in [4.78, 5) is 28.7. The van der Waals surface area contributed by atoms with E-state index >= 15 is 0 Å². The first-order valence-electron chi connectivity index (χ1n) is 10.7. The molecule has 4 aromatic rings. The number of carbonyl (C=O) groups is 2. The average Bonchev–Trinajstić information content (AvgIpc) is 2.87. The maximum atomic E-state index is 12.2. The molecule has 0 bridgehead atoms. The SMILES string of the molecule is COc1ccc(-c2cc(=NCC(=O)OCC(=O)Nc3ccc(C)cc3)c3ccccc3o2)cc1. The fraction of sp³-hybridized carbons (Fsp3) is 0.148. The van der Waals surface area contributed by atoms with Crippen LogP contribution in [0.1, 0.15) is 5.56 Å². The number of amides is 1. The van der Waals surface area contributed by atoms with Crippen LogP contribution in [0.4, 0.5) is 5.69 Å². The van der Waals surface area contributed by atoms with E-state index in [1.807, 2.05) is 67.6 Å². The van der Waals surface area contributed by atoms with Gasteiger partial charge in [-0.25, -0.2) is 0 Å². The first-order valence-corrected chi connectivity index (χ1v) is 10.7. The van der Waals surface area contributed by atoms with E-state index < -0.39 is 11.9 Å². The van der Waals surface area contributed by atoms with Crippen molar-refractivity contribution < 1.29 is 23.5 Å². The van der Waals surface area contributed by atoms with Gasteiger partial charge in [-0.05, 0) is 55.5 Å². The maximum absolute atomic E-state index is 12.2. The second-order valence-electron chi connectivity index (χ2n) is 7.61. The highest BCUT2D eigenvalue weighted by Crippen LogP contribution is 2.24. The van der Waals surface area contributed by atoms with Crippen LogP contribution in [0, 0.1) is 6.92 Å². The molecule has 0 saturated heterocycles. The lowest BCUT2D eigenvalue weighted by Crippen LogP contribution is -2.22. The van der Waals surface area contributed by atoms with Crippen LogP contribution in [0.3, 0.4) is 0 Å². The van der Waals surface area contributed by atoms with E-state index in [4.69, 9.17) is 13.9 Å². The molecule has 0 aliphatic rings. The molecule has 0 aliphatic heterocycles. The van der Waals surface area contributed by atoms with E-state index in [-0.39, 0.29) is 13.2 Å². The zero-order valence-electron chi connectivity index (χ0n) is 18.9. The smallest absolute Gasteiger partial charge is 0.328 e. The van der Waals surface area contributed by atoms with Gasteiger partial charge in [0.1, 0.15) is 23.6 Å². The Kier molecular flexibility index (Phi) is 7.03. The predicted molar refractivity (Wildman–Crippen MR) is 129 cm³/mol. The third-order valence-electron chi connectivity index (χ3n) is 5.10.